The van der Waals surface area contributed by atoms with Crippen molar-refractivity contribution in [3.8, 4) is 0 Å². The quantitative estimate of drug-likeness (QED) is 0.515. The molecule has 0 aliphatic heterocycles. The lowest BCUT2D eigenvalue weighted by Crippen LogP contribution is -2.19. The summed E-state index contributed by atoms with van der Waals surface area (Å²) in [5, 5.41) is 3.35. The van der Waals surface area contributed by atoms with Gasteiger partial charge in [0.05, 0.1) is 6.10 Å². The summed E-state index contributed by atoms with van der Waals surface area (Å²) in [7, 11) is 1.76. The van der Waals surface area contributed by atoms with E-state index in [1.165, 1.54) is 0 Å². The largest absolute Gasteiger partial charge is 0.381 e. The minimum Gasteiger partial charge on any atom is -0.381 e. The summed E-state index contributed by atoms with van der Waals surface area (Å²) in [4.78, 5) is 8.16. The number of aromatic nitrogens is 2. The minimum absolute atomic E-state index is 0.367. The molecule has 2 atom stereocenters. The van der Waals surface area contributed by atoms with Gasteiger partial charge in [-0.05, 0) is 25.3 Å². The number of methoxy groups -OCH3 is 1. The van der Waals surface area contributed by atoms with E-state index in [0.717, 1.165) is 25.1 Å². The lowest BCUT2D eigenvalue weighted by Gasteiger charge is -2.13. The molecule has 1 aromatic rings. The van der Waals surface area contributed by atoms with Crippen LogP contribution in [0.3, 0.4) is 0 Å². The molecule has 1 saturated carbocycles. The van der Waals surface area contributed by atoms with Crippen LogP contribution in [0.1, 0.15) is 19.3 Å². The maximum absolute atomic E-state index is 5.32. The molecule has 6 nitrogen and oxygen atoms in total. The van der Waals surface area contributed by atoms with E-state index in [9.17, 15) is 0 Å². The zero-order valence-corrected chi connectivity index (χ0v) is 9.31. The van der Waals surface area contributed by atoms with Crippen molar-refractivity contribution in [1.29, 1.82) is 0 Å². The molecule has 1 aliphatic rings. The van der Waals surface area contributed by atoms with Gasteiger partial charge in [-0.1, -0.05) is 0 Å². The monoisotopic (exact) mass is 223 g/mol. The number of nitrogens with two attached hydrogens (primary N) is 1. The summed E-state index contributed by atoms with van der Waals surface area (Å²) in [6.45, 7) is 0. The highest BCUT2D eigenvalue weighted by Crippen LogP contribution is 2.24. The number of ether oxygens (including phenoxy) is 1. The lowest BCUT2D eigenvalue weighted by atomic mass is 10.2. The second kappa shape index (κ2) is 5.09. The highest BCUT2D eigenvalue weighted by atomic mass is 16.5. The van der Waals surface area contributed by atoms with Crippen LogP contribution in [0.25, 0.3) is 0 Å². The van der Waals surface area contributed by atoms with Crippen molar-refractivity contribution < 1.29 is 4.74 Å². The molecule has 88 valence electrons. The van der Waals surface area contributed by atoms with Crippen molar-refractivity contribution in [3.05, 3.63) is 12.3 Å². The van der Waals surface area contributed by atoms with Crippen molar-refractivity contribution in [2.75, 3.05) is 17.9 Å². The molecule has 2 rings (SSSR count). The Labute approximate surface area is 94.6 Å². The van der Waals surface area contributed by atoms with Gasteiger partial charge in [0.2, 0.25) is 5.95 Å². The third kappa shape index (κ3) is 2.59. The first-order valence-electron chi connectivity index (χ1n) is 5.41. The molecule has 0 amide bonds. The first kappa shape index (κ1) is 11.1. The molecule has 1 aliphatic carbocycles. The molecule has 1 heterocycles. The van der Waals surface area contributed by atoms with E-state index in [2.05, 4.69) is 20.7 Å². The van der Waals surface area contributed by atoms with Crippen LogP contribution in [0.4, 0.5) is 11.8 Å². The van der Waals surface area contributed by atoms with E-state index in [1.54, 1.807) is 13.3 Å². The van der Waals surface area contributed by atoms with Crippen LogP contribution < -0.4 is 16.6 Å². The zero-order valence-electron chi connectivity index (χ0n) is 9.31. The highest BCUT2D eigenvalue weighted by molar-refractivity contribution is 5.39. The van der Waals surface area contributed by atoms with Gasteiger partial charge in [0, 0.05) is 19.3 Å². The molecule has 0 spiro atoms. The topological polar surface area (TPSA) is 85.1 Å². The van der Waals surface area contributed by atoms with Gasteiger partial charge >= 0.3 is 0 Å². The molecule has 6 heteroatoms. The van der Waals surface area contributed by atoms with Crippen LogP contribution >= 0.6 is 0 Å². The second-order valence-corrected chi connectivity index (χ2v) is 3.92. The van der Waals surface area contributed by atoms with Gasteiger partial charge in [0.15, 0.2) is 0 Å². The van der Waals surface area contributed by atoms with E-state index in [4.69, 9.17) is 10.6 Å². The predicted molar refractivity (Wildman–Crippen MR) is 61.9 cm³/mol. The number of nitrogens with one attached hydrogen (secondary N) is 2. The summed E-state index contributed by atoms with van der Waals surface area (Å²) in [6.07, 6.45) is 5.26. The number of hydrogen-bond donors (Lipinski definition) is 3. The van der Waals surface area contributed by atoms with Gasteiger partial charge in [-0.3, -0.25) is 5.43 Å². The Morgan fingerprint density at radius 1 is 1.50 bits per heavy atom. The summed E-state index contributed by atoms with van der Waals surface area (Å²) in [5.74, 6) is 6.47. The van der Waals surface area contributed by atoms with E-state index >= 15 is 0 Å². The van der Waals surface area contributed by atoms with Crippen molar-refractivity contribution in [3.63, 3.8) is 0 Å². The molecule has 0 bridgehead atoms. The van der Waals surface area contributed by atoms with Crippen LogP contribution in [-0.2, 0) is 4.74 Å². The average molecular weight is 223 g/mol. The maximum atomic E-state index is 5.32. The van der Waals surface area contributed by atoms with E-state index < -0.39 is 0 Å². The summed E-state index contributed by atoms with van der Waals surface area (Å²) < 4.78 is 5.32. The Balaban J connectivity index is 1.94. The minimum atomic E-state index is 0.367. The van der Waals surface area contributed by atoms with E-state index in [-0.39, 0.29) is 0 Å². The van der Waals surface area contributed by atoms with Crippen molar-refractivity contribution >= 4 is 11.8 Å². The van der Waals surface area contributed by atoms with Gasteiger partial charge in [-0.25, -0.2) is 10.8 Å². The van der Waals surface area contributed by atoms with Gasteiger partial charge in [0.1, 0.15) is 5.82 Å². The molecule has 2 unspecified atom stereocenters. The fourth-order valence-electron chi connectivity index (χ4n) is 2.00. The highest BCUT2D eigenvalue weighted by Gasteiger charge is 2.24. The number of anilines is 2. The predicted octanol–water partition coefficient (Wildman–Crippen LogP) is 0.742. The Morgan fingerprint density at radius 2 is 2.38 bits per heavy atom. The molecular weight excluding hydrogens is 206 g/mol. The van der Waals surface area contributed by atoms with Crippen molar-refractivity contribution in [1.82, 2.24) is 9.97 Å². The fraction of sp³-hybridized carbons (Fsp3) is 0.600. The van der Waals surface area contributed by atoms with Crippen LogP contribution in [0, 0.1) is 0 Å². The average Bonchev–Trinajstić information content (AvgIpc) is 2.77. The lowest BCUT2D eigenvalue weighted by molar-refractivity contribution is 0.108. The van der Waals surface area contributed by atoms with Crippen LogP contribution in [0.2, 0.25) is 0 Å². The zero-order chi connectivity index (χ0) is 11.4. The van der Waals surface area contributed by atoms with Gasteiger partial charge in [-0.15, -0.1) is 0 Å². The molecule has 16 heavy (non-hydrogen) atoms. The third-order valence-corrected chi connectivity index (χ3v) is 2.85. The fourth-order valence-corrected chi connectivity index (χ4v) is 2.00. The number of nitrogen functional groups attached to an aromatic ring is 1. The molecule has 4 N–H and O–H groups in total. The number of hydrazine groups is 1. The molecule has 0 radical (unpaired) electrons. The normalized spacial score (nSPS) is 24.4. The Hall–Kier alpha value is -1.40. The van der Waals surface area contributed by atoms with Gasteiger partial charge in [-0.2, -0.15) is 4.98 Å². The molecular formula is C10H17N5O. The molecule has 1 fully saturated rings. The standard InChI is InChI=1S/C10H17N5O/c1-16-8-3-2-7(6-8)13-9-4-5-12-10(14-9)15-11/h4-5,7-8H,2-3,6,11H2,1H3,(H2,12,13,14,15). The summed E-state index contributed by atoms with van der Waals surface area (Å²) >= 11 is 0. The number of nitrogens with zero attached hydrogens (tertiary/aromatic N) is 2. The van der Waals surface area contributed by atoms with Crippen molar-refractivity contribution in [2.24, 2.45) is 5.84 Å². The van der Waals surface area contributed by atoms with Crippen LogP contribution in [0.5, 0.6) is 0 Å². The van der Waals surface area contributed by atoms with Crippen LogP contribution in [0.15, 0.2) is 12.3 Å². The van der Waals surface area contributed by atoms with E-state index in [1.807, 2.05) is 6.07 Å². The first-order chi connectivity index (χ1) is 7.81. The van der Waals surface area contributed by atoms with Gasteiger partial charge in [0.25, 0.3) is 0 Å². The maximum Gasteiger partial charge on any atom is 0.239 e. The SMILES string of the molecule is COC1CCC(Nc2ccnc(NN)n2)C1. The Bertz CT molecular complexity index is 346. The Kier molecular flexibility index (Phi) is 3.53. The molecule has 0 saturated heterocycles. The number of hydrogen-bond acceptors (Lipinski definition) is 6. The second-order valence-electron chi connectivity index (χ2n) is 3.92. The third-order valence-electron chi connectivity index (χ3n) is 2.85. The summed E-state index contributed by atoms with van der Waals surface area (Å²) in [5.41, 5.74) is 2.43. The van der Waals surface area contributed by atoms with Crippen LogP contribution in [-0.4, -0.2) is 29.2 Å². The summed E-state index contributed by atoms with van der Waals surface area (Å²) in [6, 6.07) is 2.26. The molecule has 1 aromatic heterocycles. The smallest absolute Gasteiger partial charge is 0.239 e. The molecule has 0 aromatic carbocycles. The Morgan fingerprint density at radius 3 is 3.06 bits per heavy atom. The van der Waals surface area contributed by atoms with Crippen molar-refractivity contribution in [2.45, 2.75) is 31.4 Å². The number of rotatable bonds is 4. The van der Waals surface area contributed by atoms with E-state index in [0.29, 0.717) is 18.1 Å². The first-order valence-corrected chi connectivity index (χ1v) is 5.41. The van der Waals surface area contributed by atoms with Gasteiger partial charge < -0.3 is 10.1 Å².